The molecule has 0 aliphatic heterocycles. The molecule has 0 N–H and O–H groups in total. The zero-order chi connectivity index (χ0) is 32.7. The second-order valence-electron chi connectivity index (χ2n) is 5.54. The van der Waals surface area contributed by atoms with Crippen LogP contribution in [-0.2, 0) is 98.8 Å². The van der Waals surface area contributed by atoms with Crippen LogP contribution < -0.4 is 10.6 Å². The molecule has 0 bridgehead atoms. The van der Waals surface area contributed by atoms with E-state index in [2.05, 4.69) is 162 Å². The van der Waals surface area contributed by atoms with E-state index in [0.29, 0.717) is 6.61 Å². The number of aliphatic imine (C=N–C) groups is 1. The van der Waals surface area contributed by atoms with E-state index in [1.165, 1.54) is 10.6 Å². The van der Waals surface area contributed by atoms with Gasteiger partial charge in [-0.05, 0) is 44.2 Å². The second-order valence-corrected chi connectivity index (χ2v) is 11.2. The first-order chi connectivity index (χ1) is 18.8. The minimum Gasteiger partial charge on any atom is 0 e. The third-order valence-electron chi connectivity index (χ3n) is 3.00. The Labute approximate surface area is 284 Å². The van der Waals surface area contributed by atoms with Gasteiger partial charge in [-0.3, -0.25) is 0 Å². The third kappa shape index (κ3) is 59.0. The summed E-state index contributed by atoms with van der Waals surface area (Å²) in [4.78, 5) is 13.5. The van der Waals surface area contributed by atoms with Gasteiger partial charge in [-0.15, -0.1) is 0 Å². The minimum atomic E-state index is -0.711. The Morgan fingerprint density at radius 2 is 0.902 bits per heavy atom. The normalized spacial score (nSPS) is 6.51. The molecule has 0 unspecified atom stereocenters. The Balaban J connectivity index is -0.0000000442. The van der Waals surface area contributed by atoms with E-state index in [1.807, 2.05) is 0 Å². The van der Waals surface area contributed by atoms with Crippen molar-refractivity contribution in [3.8, 4) is 0 Å². The van der Waals surface area contributed by atoms with Crippen molar-refractivity contribution in [2.75, 3.05) is 33.3 Å². The van der Waals surface area contributed by atoms with E-state index in [0.717, 1.165) is 0 Å². The van der Waals surface area contributed by atoms with E-state index < -0.39 is 6.09 Å². The van der Waals surface area contributed by atoms with Gasteiger partial charge in [0.1, 0.15) is 0 Å². The van der Waals surface area contributed by atoms with Gasteiger partial charge in [0.05, 0.1) is 6.61 Å². The van der Waals surface area contributed by atoms with Crippen LogP contribution in [0.5, 0.6) is 0 Å². The van der Waals surface area contributed by atoms with Gasteiger partial charge in [-0.1, -0.05) is 76.5 Å². The smallest absolute Gasteiger partial charge is 0 e. The molecule has 9 nitrogen and oxygen atoms in total. The molecular weight excluding hydrogens is 953 g/mol. The van der Waals surface area contributed by atoms with E-state index in [-0.39, 0.29) is 61.1 Å². The summed E-state index contributed by atoms with van der Waals surface area (Å²) in [6, 6.07) is 21.2. The molecule has 0 atom stereocenters. The summed E-state index contributed by atoms with van der Waals surface area (Å²) in [5.41, 5.74) is 0. The molecule has 0 saturated carbocycles. The van der Waals surface area contributed by atoms with Crippen LogP contribution in [-0.4, -0.2) is 43.7 Å². The van der Waals surface area contributed by atoms with Crippen molar-refractivity contribution in [1.82, 2.24) is 0 Å². The molecule has 0 fully saturated rings. The van der Waals surface area contributed by atoms with E-state index >= 15 is 0 Å². The summed E-state index contributed by atoms with van der Waals surface area (Å²) < 4.78 is 49.3. The predicted molar refractivity (Wildman–Crippen MR) is 152 cm³/mol. The summed E-state index contributed by atoms with van der Waals surface area (Å²) in [5, 5.41) is 2.96. The number of amides is 1. The van der Waals surface area contributed by atoms with Crippen LogP contribution in [0.1, 0.15) is 6.92 Å². The molecule has 0 aliphatic rings. The average molecular weight is 980 g/mol. The van der Waals surface area contributed by atoms with Crippen LogP contribution in [0.2, 0.25) is 0 Å². The Morgan fingerprint density at radius 1 is 0.659 bits per heavy atom. The molecule has 0 spiro atoms. The quantitative estimate of drug-likeness (QED) is 0.111. The van der Waals surface area contributed by atoms with Crippen LogP contribution >= 0.6 is 15.8 Å². The van der Waals surface area contributed by atoms with Crippen molar-refractivity contribution >= 4 is 62.2 Å². The zero-order valence-electron chi connectivity index (χ0n) is 22.7. The molecule has 41 heavy (non-hydrogen) atoms. The van der Waals surface area contributed by atoms with Crippen molar-refractivity contribution in [1.29, 1.82) is 0 Å². The van der Waals surface area contributed by atoms with Gasteiger partial charge in [0, 0.05) is 40.8 Å². The Hall–Kier alpha value is -1.36. The number of benzene rings is 2. The standard InChI is InChI=1S/2C8H11P.C4H7NO2S2.6CO.2Re/c2*1-9(2)8-6-4-3-5-7-8;1-2-7-3(6)5-4(8)9;6*1-2;;/h2*3-7H,1-2H3;2H2,1H3,(H2,5,6,8,9);;;;;;;;/p-2. The van der Waals surface area contributed by atoms with Gasteiger partial charge in [-0.25, -0.2) is 14.2 Å². The largest absolute Gasteiger partial charge is 0 e. The third-order valence-corrected chi connectivity index (χ3v) is 5.84. The SMILES string of the molecule is CCOC(=O)N=C([S-])[S-].CP(C)c1ccccc1.CP(C)c1ccccc1.[C-]#[O+].[C-]#[O+].[C-]#[O+].[C-]#[O+].[C-]#[O+].[C-]#[O+].[Re].[Re]. The monoisotopic (exact) mass is 981 g/mol. The number of hydrogen-bond donors (Lipinski definition) is 0. The van der Waals surface area contributed by atoms with Gasteiger partial charge < -0.3 is 30.0 Å². The number of hydrogen-bond acceptors (Lipinski definition) is 4. The molecule has 2 aromatic rings. The summed E-state index contributed by atoms with van der Waals surface area (Å²) in [6.07, 6.45) is -0.711. The molecule has 0 saturated heterocycles. The van der Waals surface area contributed by atoms with Crippen molar-refractivity contribution in [3.63, 3.8) is 0 Å². The maximum atomic E-state index is 10.3. The van der Waals surface area contributed by atoms with E-state index in [9.17, 15) is 4.79 Å². The van der Waals surface area contributed by atoms with Crippen molar-refractivity contribution in [2.24, 2.45) is 4.99 Å². The Bertz CT molecular complexity index is 846. The topological polar surface area (TPSA) is 158 Å². The van der Waals surface area contributed by atoms with Crippen molar-refractivity contribution < 1.29 is 78.3 Å². The molecular formula is C26H27NO8P2Re2S2-2. The van der Waals surface area contributed by atoms with Gasteiger partial charge in [0.25, 0.3) is 0 Å². The molecule has 1 amide bonds. The van der Waals surface area contributed by atoms with Crippen molar-refractivity contribution in [3.05, 3.63) is 101 Å². The summed E-state index contributed by atoms with van der Waals surface area (Å²) >= 11 is 8.67. The molecule has 0 aromatic heterocycles. The fourth-order valence-corrected chi connectivity index (χ4v) is 3.37. The second kappa shape index (κ2) is 62.3. The minimum absolute atomic E-state index is 0. The van der Waals surface area contributed by atoms with Crippen molar-refractivity contribution in [2.45, 2.75) is 6.92 Å². The molecule has 2 aromatic carbocycles. The summed E-state index contributed by atoms with van der Waals surface area (Å²) in [5.74, 6) is 0. The van der Waals surface area contributed by atoms with Gasteiger partial charge in [0.15, 0.2) is 0 Å². The van der Waals surface area contributed by atoms with Crippen LogP contribution in [0.3, 0.4) is 0 Å². The molecule has 0 aliphatic carbocycles. The van der Waals surface area contributed by atoms with Gasteiger partial charge in [0.2, 0.25) is 0 Å². The maximum absolute atomic E-state index is 10.3. The predicted octanol–water partition coefficient (Wildman–Crippen LogP) is 4.47. The fourth-order valence-electron chi connectivity index (χ4n) is 1.68. The molecule has 222 valence electrons. The molecule has 2 radical (unpaired) electrons. The first kappa shape index (κ1) is 63.0. The zero-order valence-corrected chi connectivity index (χ0v) is 31.5. The molecule has 0 heterocycles. The van der Waals surface area contributed by atoms with Crippen LogP contribution in [0.15, 0.2) is 65.7 Å². The number of carbonyl (C=O) groups is 1. The van der Waals surface area contributed by atoms with E-state index in [4.69, 9.17) is 27.9 Å². The van der Waals surface area contributed by atoms with E-state index in [1.54, 1.807) is 6.92 Å². The fraction of sp³-hybridized carbons (Fsp3) is 0.231. The number of nitrogens with zero attached hydrogens (tertiary/aromatic N) is 1. The van der Waals surface area contributed by atoms with Crippen LogP contribution in [0, 0.1) is 39.9 Å². The van der Waals surface area contributed by atoms with Gasteiger partial charge >= 0.3 is 73.9 Å². The average Bonchev–Trinajstić information content (AvgIpc) is 3.00. The molecule has 15 heteroatoms. The van der Waals surface area contributed by atoms with Gasteiger partial charge in [-0.2, -0.15) is 0 Å². The first-order valence-corrected chi connectivity index (χ1v) is 14.8. The maximum Gasteiger partial charge on any atom is 0 e. The first-order valence-electron chi connectivity index (χ1n) is 9.54. The number of rotatable bonds is 3. The Kier molecular flexibility index (Phi) is 95.8. The molecule has 2 rings (SSSR count). The summed E-state index contributed by atoms with van der Waals surface area (Å²) in [7, 11) is 0.209. The number of ether oxygens (including phenoxy) is 1. The Morgan fingerprint density at radius 3 is 1.05 bits per heavy atom. The van der Waals surface area contributed by atoms with Crippen LogP contribution in [0.25, 0.3) is 0 Å². The summed E-state index contributed by atoms with van der Waals surface area (Å²) in [6.45, 7) is 38.0. The van der Waals surface area contributed by atoms with Crippen LogP contribution in [0.4, 0.5) is 4.79 Å². The number of carbonyl (C=O) groups excluding carboxylic acids is 1.